The van der Waals surface area contributed by atoms with Gasteiger partial charge in [0, 0.05) is 13.2 Å². The van der Waals surface area contributed by atoms with Crippen LogP contribution >= 0.6 is 0 Å². The molecule has 1 fully saturated rings. The molecule has 0 amide bonds. The molecule has 1 aliphatic rings. The van der Waals surface area contributed by atoms with Crippen LogP contribution in [0.2, 0.25) is 0 Å². The lowest BCUT2D eigenvalue weighted by atomic mass is 9.80. The van der Waals surface area contributed by atoms with E-state index in [2.05, 4.69) is 30.3 Å². The van der Waals surface area contributed by atoms with Gasteiger partial charge in [-0.15, -0.1) is 0 Å². The van der Waals surface area contributed by atoms with Crippen molar-refractivity contribution in [1.29, 1.82) is 0 Å². The minimum absolute atomic E-state index is 0.218. The summed E-state index contributed by atoms with van der Waals surface area (Å²) in [6.07, 6.45) is 3.54. The number of rotatable bonds is 2. The molecule has 2 rings (SSSR count). The fourth-order valence-corrected chi connectivity index (χ4v) is 2.45. The number of nitrogens with two attached hydrogens (primary N) is 1. The van der Waals surface area contributed by atoms with Gasteiger partial charge < -0.3 is 10.5 Å². The number of hydrogen-bond donors (Lipinski definition) is 1. The molecule has 0 heterocycles. The van der Waals surface area contributed by atoms with Gasteiger partial charge in [0.25, 0.3) is 0 Å². The number of methoxy groups -OCH3 is 1. The molecular formula is C13H19NO. The van der Waals surface area contributed by atoms with Gasteiger partial charge in [-0.3, -0.25) is 0 Å². The van der Waals surface area contributed by atoms with E-state index in [1.54, 1.807) is 7.11 Å². The third kappa shape index (κ3) is 2.39. The molecule has 1 aromatic rings. The lowest BCUT2D eigenvalue weighted by molar-refractivity contribution is 0.0472. The minimum Gasteiger partial charge on any atom is -0.380 e. The van der Waals surface area contributed by atoms with Crippen LogP contribution in [0.4, 0.5) is 0 Å². The number of ether oxygens (including phenoxy) is 1. The maximum Gasteiger partial charge on any atom is 0.0727 e. The maximum atomic E-state index is 6.00. The molecule has 0 saturated heterocycles. The van der Waals surface area contributed by atoms with E-state index in [1.165, 1.54) is 12.0 Å². The number of benzene rings is 1. The monoisotopic (exact) mass is 205 g/mol. The molecule has 0 unspecified atom stereocenters. The highest BCUT2D eigenvalue weighted by molar-refractivity contribution is 5.20. The van der Waals surface area contributed by atoms with Gasteiger partial charge in [-0.1, -0.05) is 30.3 Å². The molecule has 0 aliphatic heterocycles. The summed E-state index contributed by atoms with van der Waals surface area (Å²) in [6, 6.07) is 10.9. The quantitative estimate of drug-likeness (QED) is 0.804. The van der Waals surface area contributed by atoms with Crippen molar-refractivity contribution in [2.24, 2.45) is 5.73 Å². The summed E-state index contributed by atoms with van der Waals surface area (Å²) in [5.41, 5.74) is 7.43. The molecule has 2 N–H and O–H groups in total. The molecule has 0 aromatic heterocycles. The number of hydrogen-bond acceptors (Lipinski definition) is 2. The molecule has 2 heteroatoms. The zero-order valence-electron chi connectivity index (χ0n) is 9.23. The fourth-order valence-electron chi connectivity index (χ4n) is 2.45. The Balaban J connectivity index is 2.06. The molecule has 2 nitrogen and oxygen atoms in total. The van der Waals surface area contributed by atoms with Crippen molar-refractivity contribution in [2.75, 3.05) is 7.11 Å². The van der Waals surface area contributed by atoms with E-state index in [1.807, 2.05) is 0 Å². The summed E-state index contributed by atoms with van der Waals surface area (Å²) in [7, 11) is 1.76. The highest BCUT2D eigenvalue weighted by Crippen LogP contribution is 2.33. The normalized spacial score (nSPS) is 31.5. The second-order valence-corrected chi connectivity index (χ2v) is 4.36. The molecule has 0 radical (unpaired) electrons. The Hall–Kier alpha value is -0.860. The third-order valence-corrected chi connectivity index (χ3v) is 3.42. The Morgan fingerprint density at radius 3 is 2.60 bits per heavy atom. The van der Waals surface area contributed by atoms with Gasteiger partial charge in [0.1, 0.15) is 0 Å². The lowest BCUT2D eigenvalue weighted by Crippen LogP contribution is -2.40. The summed E-state index contributed by atoms with van der Waals surface area (Å²) in [6.45, 7) is 0. The van der Waals surface area contributed by atoms with Crippen LogP contribution in [-0.4, -0.2) is 19.3 Å². The zero-order chi connectivity index (χ0) is 10.7. The van der Waals surface area contributed by atoms with E-state index in [4.69, 9.17) is 10.5 Å². The molecule has 3 atom stereocenters. The Morgan fingerprint density at radius 2 is 1.93 bits per heavy atom. The van der Waals surface area contributed by atoms with Gasteiger partial charge in [0.05, 0.1) is 6.10 Å². The summed E-state index contributed by atoms with van der Waals surface area (Å²) in [4.78, 5) is 0. The van der Waals surface area contributed by atoms with E-state index in [9.17, 15) is 0 Å². The predicted octanol–water partition coefficient (Wildman–Crippen LogP) is 2.30. The second-order valence-electron chi connectivity index (χ2n) is 4.36. The molecule has 82 valence electrons. The van der Waals surface area contributed by atoms with Gasteiger partial charge in [-0.05, 0) is 30.7 Å². The standard InChI is InChI=1S/C13H19NO/c1-15-13-9-11(7-8-12(13)14)10-5-3-2-4-6-10/h2-6,11-13H,7-9,14H2,1H3/t11-,12+,13-/m1/s1. The van der Waals surface area contributed by atoms with Crippen molar-refractivity contribution in [3.63, 3.8) is 0 Å². The molecule has 1 aromatic carbocycles. The molecular weight excluding hydrogens is 186 g/mol. The van der Waals surface area contributed by atoms with E-state index in [-0.39, 0.29) is 12.1 Å². The smallest absolute Gasteiger partial charge is 0.0727 e. The van der Waals surface area contributed by atoms with Gasteiger partial charge in [0.2, 0.25) is 0 Å². The summed E-state index contributed by atoms with van der Waals surface area (Å²) >= 11 is 0. The first-order valence-corrected chi connectivity index (χ1v) is 5.64. The first-order valence-electron chi connectivity index (χ1n) is 5.64. The van der Waals surface area contributed by atoms with Crippen LogP contribution in [-0.2, 0) is 4.74 Å². The zero-order valence-corrected chi connectivity index (χ0v) is 9.23. The molecule has 0 spiro atoms. The van der Waals surface area contributed by atoms with Crippen molar-refractivity contribution in [3.8, 4) is 0 Å². The van der Waals surface area contributed by atoms with Gasteiger partial charge >= 0.3 is 0 Å². The SMILES string of the molecule is CO[C@@H]1C[C@H](c2ccccc2)CC[C@@H]1N. The maximum absolute atomic E-state index is 6.00. The van der Waals surface area contributed by atoms with E-state index >= 15 is 0 Å². The Bertz CT molecular complexity index is 299. The van der Waals surface area contributed by atoms with Crippen molar-refractivity contribution >= 4 is 0 Å². The molecule has 0 bridgehead atoms. The fraction of sp³-hybridized carbons (Fsp3) is 0.538. The van der Waals surface area contributed by atoms with E-state index in [0.29, 0.717) is 5.92 Å². The second kappa shape index (κ2) is 4.77. The average Bonchev–Trinajstić information content (AvgIpc) is 2.31. The van der Waals surface area contributed by atoms with Gasteiger partial charge in [0.15, 0.2) is 0 Å². The largest absolute Gasteiger partial charge is 0.380 e. The van der Waals surface area contributed by atoms with Crippen LogP contribution in [0.1, 0.15) is 30.7 Å². The van der Waals surface area contributed by atoms with Crippen LogP contribution in [0.15, 0.2) is 30.3 Å². The van der Waals surface area contributed by atoms with Crippen LogP contribution in [0.25, 0.3) is 0 Å². The van der Waals surface area contributed by atoms with Crippen LogP contribution in [0, 0.1) is 0 Å². The first-order chi connectivity index (χ1) is 7.31. The lowest BCUT2D eigenvalue weighted by Gasteiger charge is -2.33. The summed E-state index contributed by atoms with van der Waals surface area (Å²) in [5, 5.41) is 0. The Kier molecular flexibility index (Phi) is 3.39. The predicted molar refractivity (Wildman–Crippen MR) is 61.8 cm³/mol. The van der Waals surface area contributed by atoms with E-state index < -0.39 is 0 Å². The highest BCUT2D eigenvalue weighted by atomic mass is 16.5. The van der Waals surface area contributed by atoms with Crippen LogP contribution in [0.3, 0.4) is 0 Å². The Morgan fingerprint density at radius 1 is 1.20 bits per heavy atom. The van der Waals surface area contributed by atoms with Gasteiger partial charge in [-0.25, -0.2) is 0 Å². The molecule has 15 heavy (non-hydrogen) atoms. The first kappa shape index (κ1) is 10.7. The van der Waals surface area contributed by atoms with Crippen LogP contribution in [0.5, 0.6) is 0 Å². The summed E-state index contributed by atoms with van der Waals surface area (Å²) < 4.78 is 5.43. The van der Waals surface area contributed by atoms with Gasteiger partial charge in [-0.2, -0.15) is 0 Å². The van der Waals surface area contributed by atoms with Crippen molar-refractivity contribution in [1.82, 2.24) is 0 Å². The summed E-state index contributed by atoms with van der Waals surface area (Å²) in [5.74, 6) is 0.621. The Labute approximate surface area is 91.4 Å². The van der Waals surface area contributed by atoms with Crippen LogP contribution < -0.4 is 5.73 Å². The van der Waals surface area contributed by atoms with Crippen molar-refractivity contribution in [3.05, 3.63) is 35.9 Å². The molecule has 1 saturated carbocycles. The minimum atomic E-state index is 0.218. The third-order valence-electron chi connectivity index (χ3n) is 3.42. The highest BCUT2D eigenvalue weighted by Gasteiger charge is 2.28. The topological polar surface area (TPSA) is 35.2 Å². The average molecular weight is 205 g/mol. The van der Waals surface area contributed by atoms with Crippen molar-refractivity contribution in [2.45, 2.75) is 37.3 Å². The molecule has 1 aliphatic carbocycles. The van der Waals surface area contributed by atoms with Crippen molar-refractivity contribution < 1.29 is 4.74 Å². The van der Waals surface area contributed by atoms with E-state index in [0.717, 1.165) is 12.8 Å².